The Morgan fingerprint density at radius 1 is 1.00 bits per heavy atom. The van der Waals surface area contributed by atoms with Gasteiger partial charge in [-0.3, -0.25) is 0 Å². The lowest BCUT2D eigenvalue weighted by Gasteiger charge is -2.09. The standard InChI is InChI=1S/C18H10FNO3/c19-17-14-6-5-12(10-1-3-11(4-2-10)18(22)23)15(9-20)13(14)7-8-16(17)21/h1-8,21H,(H,22,23). The van der Waals surface area contributed by atoms with Gasteiger partial charge in [-0.1, -0.05) is 24.3 Å². The van der Waals surface area contributed by atoms with Gasteiger partial charge in [-0.05, 0) is 29.8 Å². The first kappa shape index (κ1) is 14.5. The highest BCUT2D eigenvalue weighted by Crippen LogP contribution is 2.33. The molecule has 0 unspecified atom stereocenters. The van der Waals surface area contributed by atoms with Crippen LogP contribution in [0.4, 0.5) is 4.39 Å². The molecule has 3 aromatic rings. The molecule has 3 rings (SSSR count). The lowest BCUT2D eigenvalue weighted by molar-refractivity contribution is 0.0697. The number of benzene rings is 3. The van der Waals surface area contributed by atoms with Gasteiger partial charge in [0.2, 0.25) is 0 Å². The normalized spacial score (nSPS) is 10.4. The van der Waals surface area contributed by atoms with Crippen molar-refractivity contribution in [2.24, 2.45) is 0 Å². The Morgan fingerprint density at radius 2 is 1.65 bits per heavy atom. The first-order valence-corrected chi connectivity index (χ1v) is 6.71. The number of hydrogen-bond acceptors (Lipinski definition) is 3. The number of nitriles is 1. The van der Waals surface area contributed by atoms with E-state index in [2.05, 4.69) is 6.07 Å². The molecule has 2 N–H and O–H groups in total. The smallest absolute Gasteiger partial charge is 0.335 e. The highest BCUT2D eigenvalue weighted by atomic mass is 19.1. The van der Waals surface area contributed by atoms with E-state index < -0.39 is 17.5 Å². The molecular weight excluding hydrogens is 297 g/mol. The number of nitrogens with zero attached hydrogens (tertiary/aromatic N) is 1. The molecule has 0 atom stereocenters. The quantitative estimate of drug-likeness (QED) is 0.751. The van der Waals surface area contributed by atoms with E-state index in [1.54, 1.807) is 18.2 Å². The van der Waals surface area contributed by atoms with E-state index in [0.29, 0.717) is 16.5 Å². The largest absolute Gasteiger partial charge is 0.505 e. The number of carboxylic acid groups (broad SMARTS) is 1. The van der Waals surface area contributed by atoms with Crippen LogP contribution in [0.2, 0.25) is 0 Å². The lowest BCUT2D eigenvalue weighted by atomic mass is 9.94. The summed E-state index contributed by atoms with van der Waals surface area (Å²) < 4.78 is 14.0. The summed E-state index contributed by atoms with van der Waals surface area (Å²) in [4.78, 5) is 10.9. The number of rotatable bonds is 2. The predicted octanol–water partition coefficient (Wildman–Crippen LogP) is 3.92. The summed E-state index contributed by atoms with van der Waals surface area (Å²) in [6, 6.07) is 13.9. The van der Waals surface area contributed by atoms with Crippen molar-refractivity contribution in [3.63, 3.8) is 0 Å². The summed E-state index contributed by atoms with van der Waals surface area (Å²) in [7, 11) is 0. The minimum Gasteiger partial charge on any atom is -0.505 e. The third kappa shape index (κ3) is 2.36. The van der Waals surface area contributed by atoms with Crippen LogP contribution in [0.15, 0.2) is 48.5 Å². The number of aromatic hydroxyl groups is 1. The zero-order valence-corrected chi connectivity index (χ0v) is 11.7. The summed E-state index contributed by atoms with van der Waals surface area (Å²) in [5, 5.41) is 28.4. The molecule has 4 nitrogen and oxygen atoms in total. The molecule has 0 saturated carbocycles. The Labute approximate surface area is 130 Å². The van der Waals surface area contributed by atoms with Crippen molar-refractivity contribution >= 4 is 16.7 Å². The maximum Gasteiger partial charge on any atom is 0.335 e. The van der Waals surface area contributed by atoms with Gasteiger partial charge >= 0.3 is 5.97 Å². The molecule has 0 saturated heterocycles. The van der Waals surface area contributed by atoms with Gasteiger partial charge in [-0.2, -0.15) is 5.26 Å². The van der Waals surface area contributed by atoms with Gasteiger partial charge in [-0.25, -0.2) is 9.18 Å². The van der Waals surface area contributed by atoms with Crippen LogP contribution in [0.25, 0.3) is 21.9 Å². The SMILES string of the molecule is N#Cc1c(-c2ccc(C(=O)O)cc2)ccc2c(F)c(O)ccc12. The molecule has 0 spiro atoms. The van der Waals surface area contributed by atoms with Gasteiger partial charge < -0.3 is 10.2 Å². The number of fused-ring (bicyclic) bond motifs is 1. The Hall–Kier alpha value is -3.39. The van der Waals surface area contributed by atoms with E-state index >= 15 is 0 Å². The molecule has 0 bridgehead atoms. The molecule has 0 aliphatic carbocycles. The average Bonchev–Trinajstić information content (AvgIpc) is 2.57. The molecule has 23 heavy (non-hydrogen) atoms. The van der Waals surface area contributed by atoms with Gasteiger partial charge in [0.15, 0.2) is 11.6 Å². The summed E-state index contributed by atoms with van der Waals surface area (Å²) in [5.41, 5.74) is 1.64. The van der Waals surface area contributed by atoms with Crippen molar-refractivity contribution in [1.82, 2.24) is 0 Å². The van der Waals surface area contributed by atoms with Crippen molar-refractivity contribution in [1.29, 1.82) is 5.26 Å². The maximum atomic E-state index is 14.0. The minimum absolute atomic E-state index is 0.143. The Bertz CT molecular complexity index is 972. The second-order valence-electron chi connectivity index (χ2n) is 4.98. The van der Waals surface area contributed by atoms with Crippen LogP contribution in [-0.2, 0) is 0 Å². The topological polar surface area (TPSA) is 81.3 Å². The first-order chi connectivity index (χ1) is 11.0. The average molecular weight is 307 g/mol. The van der Waals surface area contributed by atoms with Crippen molar-refractivity contribution in [2.45, 2.75) is 0 Å². The van der Waals surface area contributed by atoms with Crippen LogP contribution in [0.5, 0.6) is 5.75 Å². The van der Waals surface area contributed by atoms with E-state index in [1.165, 1.54) is 30.3 Å². The fourth-order valence-electron chi connectivity index (χ4n) is 2.51. The van der Waals surface area contributed by atoms with Gasteiger partial charge in [0.25, 0.3) is 0 Å². The molecule has 0 aliphatic heterocycles. The van der Waals surface area contributed by atoms with E-state index in [1.807, 2.05) is 0 Å². The summed E-state index contributed by atoms with van der Waals surface area (Å²) in [6.45, 7) is 0. The van der Waals surface area contributed by atoms with Crippen LogP contribution in [0.3, 0.4) is 0 Å². The molecule has 3 aromatic carbocycles. The predicted molar refractivity (Wildman–Crippen MR) is 82.7 cm³/mol. The number of hydrogen-bond donors (Lipinski definition) is 2. The number of carboxylic acids is 1. The van der Waals surface area contributed by atoms with E-state index in [9.17, 15) is 19.6 Å². The monoisotopic (exact) mass is 307 g/mol. The molecule has 112 valence electrons. The molecule has 0 heterocycles. The second-order valence-corrected chi connectivity index (χ2v) is 4.98. The van der Waals surface area contributed by atoms with Crippen molar-refractivity contribution in [3.8, 4) is 22.9 Å². The van der Waals surface area contributed by atoms with Crippen molar-refractivity contribution in [3.05, 3.63) is 65.5 Å². The van der Waals surface area contributed by atoms with Crippen LogP contribution >= 0.6 is 0 Å². The highest BCUT2D eigenvalue weighted by molar-refractivity contribution is 5.96. The number of halogens is 1. The lowest BCUT2D eigenvalue weighted by Crippen LogP contribution is -1.95. The molecule has 0 fully saturated rings. The minimum atomic E-state index is -1.03. The van der Waals surface area contributed by atoms with E-state index in [-0.39, 0.29) is 16.5 Å². The Balaban J connectivity index is 2.24. The number of phenolic OH excluding ortho intramolecular Hbond substituents is 1. The number of phenols is 1. The zero-order chi connectivity index (χ0) is 16.6. The molecule has 0 aromatic heterocycles. The maximum absolute atomic E-state index is 14.0. The molecule has 0 aliphatic rings. The van der Waals surface area contributed by atoms with Gasteiger partial charge in [0.05, 0.1) is 11.1 Å². The van der Waals surface area contributed by atoms with Gasteiger partial charge in [-0.15, -0.1) is 0 Å². The third-order valence-corrected chi connectivity index (χ3v) is 3.67. The van der Waals surface area contributed by atoms with E-state index in [0.717, 1.165) is 0 Å². The third-order valence-electron chi connectivity index (χ3n) is 3.67. The molecule has 0 radical (unpaired) electrons. The van der Waals surface area contributed by atoms with Gasteiger partial charge in [0.1, 0.15) is 6.07 Å². The van der Waals surface area contributed by atoms with Crippen molar-refractivity contribution < 1.29 is 19.4 Å². The van der Waals surface area contributed by atoms with Crippen LogP contribution < -0.4 is 0 Å². The fraction of sp³-hybridized carbons (Fsp3) is 0. The van der Waals surface area contributed by atoms with Gasteiger partial charge in [0, 0.05) is 16.3 Å². The van der Waals surface area contributed by atoms with Crippen molar-refractivity contribution in [2.75, 3.05) is 0 Å². The van der Waals surface area contributed by atoms with E-state index in [4.69, 9.17) is 5.11 Å². The molecule has 0 amide bonds. The summed E-state index contributed by atoms with van der Waals surface area (Å²) in [6.07, 6.45) is 0. The zero-order valence-electron chi connectivity index (χ0n) is 11.7. The van der Waals surface area contributed by atoms with Crippen LogP contribution in [0.1, 0.15) is 15.9 Å². The highest BCUT2D eigenvalue weighted by Gasteiger charge is 2.14. The molecular formula is C18H10FNO3. The number of aromatic carboxylic acids is 1. The summed E-state index contributed by atoms with van der Waals surface area (Å²) >= 11 is 0. The Morgan fingerprint density at radius 3 is 2.26 bits per heavy atom. The van der Waals surface area contributed by atoms with Crippen LogP contribution in [0, 0.1) is 17.1 Å². The molecule has 5 heteroatoms. The van der Waals surface area contributed by atoms with Crippen LogP contribution in [-0.4, -0.2) is 16.2 Å². The number of carbonyl (C=O) groups is 1. The Kier molecular flexibility index (Phi) is 3.43. The summed E-state index contributed by atoms with van der Waals surface area (Å²) in [5.74, 6) is -2.28. The fourth-order valence-corrected chi connectivity index (χ4v) is 2.51. The second kappa shape index (κ2) is 5.43. The first-order valence-electron chi connectivity index (χ1n) is 6.71.